The average Bonchev–Trinajstić information content (AvgIpc) is 2.45. The summed E-state index contributed by atoms with van der Waals surface area (Å²) in [7, 11) is 0. The normalized spacial score (nSPS) is 16.1. The number of hydrogen-bond donors (Lipinski definition) is 2. The van der Waals surface area contributed by atoms with Gasteiger partial charge in [-0.3, -0.25) is 4.79 Å². The molecule has 2 rings (SSSR count). The fraction of sp³-hybridized carbons (Fsp3) is 0.562. The number of rotatable bonds is 5. The van der Waals surface area contributed by atoms with Gasteiger partial charge in [-0.15, -0.1) is 0 Å². The summed E-state index contributed by atoms with van der Waals surface area (Å²) < 4.78 is 0. The van der Waals surface area contributed by atoms with Crippen LogP contribution in [0.4, 0.5) is 5.69 Å². The molecule has 1 aromatic carbocycles. The molecule has 3 N–H and O–H groups in total. The van der Waals surface area contributed by atoms with E-state index in [0.717, 1.165) is 23.7 Å². The molecule has 110 valence electrons. The summed E-state index contributed by atoms with van der Waals surface area (Å²) in [5, 5.41) is 5.75. The van der Waals surface area contributed by atoms with Gasteiger partial charge in [0, 0.05) is 16.6 Å². The van der Waals surface area contributed by atoms with Crippen molar-refractivity contribution >= 4 is 23.2 Å². The highest BCUT2D eigenvalue weighted by Crippen LogP contribution is 2.23. The Hall–Kier alpha value is -1.06. The zero-order valence-corrected chi connectivity index (χ0v) is 12.9. The van der Waals surface area contributed by atoms with Gasteiger partial charge in [-0.1, -0.05) is 36.9 Å². The highest BCUT2D eigenvalue weighted by Gasteiger charge is 2.15. The predicted molar refractivity (Wildman–Crippen MR) is 83.1 cm³/mol. The van der Waals surface area contributed by atoms with Gasteiger partial charge in [0.25, 0.3) is 5.91 Å². The standard InChI is InChI=1S/C16H23ClN2O/c1-12-14(17)8-5-9-15(12)19-16(20)11-18-10-13-6-3-2-4-7-13/h5,8-9,13,18H,2-4,6-7,10-11H2,1H3,(H,19,20)/p+1. The van der Waals surface area contributed by atoms with Gasteiger partial charge in [-0.25, -0.2) is 0 Å². The van der Waals surface area contributed by atoms with Crippen LogP contribution in [0, 0.1) is 12.8 Å². The van der Waals surface area contributed by atoms with E-state index in [9.17, 15) is 4.79 Å². The van der Waals surface area contributed by atoms with E-state index in [1.165, 1.54) is 32.1 Å². The Balaban J connectivity index is 1.73. The summed E-state index contributed by atoms with van der Waals surface area (Å²) in [4.78, 5) is 11.9. The van der Waals surface area contributed by atoms with E-state index in [-0.39, 0.29) is 5.91 Å². The lowest BCUT2D eigenvalue weighted by Gasteiger charge is -2.19. The van der Waals surface area contributed by atoms with E-state index in [0.29, 0.717) is 11.6 Å². The van der Waals surface area contributed by atoms with Crippen LogP contribution < -0.4 is 10.6 Å². The van der Waals surface area contributed by atoms with Crippen LogP contribution in [0.25, 0.3) is 0 Å². The van der Waals surface area contributed by atoms with Crippen molar-refractivity contribution in [3.63, 3.8) is 0 Å². The lowest BCUT2D eigenvalue weighted by atomic mass is 9.89. The number of benzene rings is 1. The second-order valence-electron chi connectivity index (χ2n) is 5.69. The first-order chi connectivity index (χ1) is 9.66. The molecule has 1 saturated carbocycles. The molecule has 4 heteroatoms. The summed E-state index contributed by atoms with van der Waals surface area (Å²) in [6.45, 7) is 3.48. The van der Waals surface area contributed by atoms with Crippen molar-refractivity contribution < 1.29 is 10.1 Å². The minimum atomic E-state index is 0.0474. The third-order valence-electron chi connectivity index (χ3n) is 4.10. The van der Waals surface area contributed by atoms with Gasteiger partial charge in [-0.05, 0) is 37.5 Å². The van der Waals surface area contributed by atoms with Crippen LogP contribution in [0.2, 0.25) is 5.02 Å². The Bertz CT molecular complexity index is 456. The summed E-state index contributed by atoms with van der Waals surface area (Å²) in [5.74, 6) is 0.843. The van der Waals surface area contributed by atoms with Crippen LogP contribution in [0.15, 0.2) is 18.2 Å². The molecule has 0 unspecified atom stereocenters. The van der Waals surface area contributed by atoms with Gasteiger partial charge < -0.3 is 10.6 Å². The molecule has 0 saturated heterocycles. The maximum atomic E-state index is 11.9. The van der Waals surface area contributed by atoms with Crippen LogP contribution in [0.5, 0.6) is 0 Å². The van der Waals surface area contributed by atoms with Gasteiger partial charge in [0.2, 0.25) is 0 Å². The third kappa shape index (κ3) is 4.50. The molecule has 1 fully saturated rings. The molecule has 0 aromatic heterocycles. The molecule has 0 spiro atoms. The fourth-order valence-electron chi connectivity index (χ4n) is 2.82. The number of carbonyl (C=O) groups excluding carboxylic acids is 1. The van der Waals surface area contributed by atoms with Crippen molar-refractivity contribution in [3.8, 4) is 0 Å². The SMILES string of the molecule is Cc1c(Cl)cccc1NC(=O)C[NH2+]CC1CCCCC1. The van der Waals surface area contributed by atoms with Gasteiger partial charge in [-0.2, -0.15) is 0 Å². The Morgan fingerprint density at radius 1 is 1.35 bits per heavy atom. The van der Waals surface area contributed by atoms with E-state index >= 15 is 0 Å². The average molecular weight is 296 g/mol. The van der Waals surface area contributed by atoms with Gasteiger partial charge in [0.05, 0.1) is 6.54 Å². The van der Waals surface area contributed by atoms with Crippen molar-refractivity contribution in [2.75, 3.05) is 18.4 Å². The van der Waals surface area contributed by atoms with E-state index in [2.05, 4.69) is 10.6 Å². The quantitative estimate of drug-likeness (QED) is 0.862. The van der Waals surface area contributed by atoms with Crippen molar-refractivity contribution in [2.45, 2.75) is 39.0 Å². The van der Waals surface area contributed by atoms with Gasteiger partial charge in [0.15, 0.2) is 6.54 Å². The van der Waals surface area contributed by atoms with Crippen molar-refractivity contribution in [3.05, 3.63) is 28.8 Å². The minimum absolute atomic E-state index is 0.0474. The van der Waals surface area contributed by atoms with Crippen molar-refractivity contribution in [2.24, 2.45) is 5.92 Å². The first-order valence-corrected chi connectivity index (χ1v) is 7.91. The smallest absolute Gasteiger partial charge is 0.279 e. The molecule has 0 aliphatic heterocycles. The summed E-state index contributed by atoms with van der Waals surface area (Å²) >= 11 is 6.04. The number of anilines is 1. The summed E-state index contributed by atoms with van der Waals surface area (Å²) in [6.07, 6.45) is 6.74. The highest BCUT2D eigenvalue weighted by atomic mass is 35.5. The number of hydrogen-bond acceptors (Lipinski definition) is 1. The number of halogens is 1. The Morgan fingerprint density at radius 3 is 2.85 bits per heavy atom. The van der Waals surface area contributed by atoms with E-state index in [1.54, 1.807) is 0 Å². The van der Waals surface area contributed by atoms with Crippen LogP contribution in [0.3, 0.4) is 0 Å². The molecular formula is C16H24ClN2O+. The number of nitrogens with two attached hydrogens (primary N) is 1. The molecule has 0 radical (unpaired) electrons. The maximum absolute atomic E-state index is 11.9. The number of carbonyl (C=O) groups is 1. The van der Waals surface area contributed by atoms with Crippen LogP contribution in [-0.4, -0.2) is 19.0 Å². The largest absolute Gasteiger partial charge is 0.338 e. The summed E-state index contributed by atoms with van der Waals surface area (Å²) in [5.41, 5.74) is 1.74. The monoisotopic (exact) mass is 295 g/mol. The van der Waals surface area contributed by atoms with Crippen LogP contribution in [0.1, 0.15) is 37.7 Å². The second kappa shape index (κ2) is 7.65. The molecule has 1 aliphatic rings. The molecule has 0 atom stereocenters. The number of quaternary nitrogens is 1. The topological polar surface area (TPSA) is 45.7 Å². The zero-order chi connectivity index (χ0) is 14.4. The zero-order valence-electron chi connectivity index (χ0n) is 12.1. The van der Waals surface area contributed by atoms with E-state index in [1.807, 2.05) is 25.1 Å². The Labute approximate surface area is 126 Å². The summed E-state index contributed by atoms with van der Waals surface area (Å²) in [6, 6.07) is 5.58. The molecule has 1 amide bonds. The third-order valence-corrected chi connectivity index (χ3v) is 4.51. The van der Waals surface area contributed by atoms with Crippen molar-refractivity contribution in [1.82, 2.24) is 0 Å². The molecular weight excluding hydrogens is 272 g/mol. The van der Waals surface area contributed by atoms with Gasteiger partial charge >= 0.3 is 0 Å². The first-order valence-electron chi connectivity index (χ1n) is 7.53. The lowest BCUT2D eigenvalue weighted by molar-refractivity contribution is -0.649. The van der Waals surface area contributed by atoms with Gasteiger partial charge in [0.1, 0.15) is 0 Å². The fourth-order valence-corrected chi connectivity index (χ4v) is 2.99. The molecule has 20 heavy (non-hydrogen) atoms. The maximum Gasteiger partial charge on any atom is 0.279 e. The predicted octanol–water partition coefficient (Wildman–Crippen LogP) is 2.73. The van der Waals surface area contributed by atoms with Crippen LogP contribution >= 0.6 is 11.6 Å². The van der Waals surface area contributed by atoms with E-state index in [4.69, 9.17) is 11.6 Å². The minimum Gasteiger partial charge on any atom is -0.338 e. The first kappa shape index (κ1) is 15.3. The number of amides is 1. The van der Waals surface area contributed by atoms with E-state index < -0.39 is 0 Å². The number of nitrogens with one attached hydrogen (secondary N) is 1. The molecule has 1 aromatic rings. The Morgan fingerprint density at radius 2 is 2.10 bits per heavy atom. The Kier molecular flexibility index (Phi) is 5.86. The molecule has 1 aliphatic carbocycles. The molecule has 0 heterocycles. The highest BCUT2D eigenvalue weighted by molar-refractivity contribution is 6.31. The molecule has 0 bridgehead atoms. The second-order valence-corrected chi connectivity index (χ2v) is 6.10. The lowest BCUT2D eigenvalue weighted by Crippen LogP contribution is -2.87. The molecule has 3 nitrogen and oxygen atoms in total. The van der Waals surface area contributed by atoms with Crippen molar-refractivity contribution in [1.29, 1.82) is 0 Å². The van der Waals surface area contributed by atoms with Crippen LogP contribution in [-0.2, 0) is 4.79 Å².